The minimum Gasteiger partial charge on any atom is -0.508 e. The summed E-state index contributed by atoms with van der Waals surface area (Å²) in [6, 6.07) is 3.89. The van der Waals surface area contributed by atoms with Gasteiger partial charge in [-0.05, 0) is 37.0 Å². The van der Waals surface area contributed by atoms with Gasteiger partial charge in [-0.2, -0.15) is 0 Å². The lowest BCUT2D eigenvalue weighted by Crippen LogP contribution is -2.40. The van der Waals surface area contributed by atoms with Crippen LogP contribution in [-0.2, 0) is 11.2 Å². The Balaban J connectivity index is 2.05. The molecule has 4 nitrogen and oxygen atoms in total. The molecule has 0 aliphatic carbocycles. The first kappa shape index (κ1) is 15.8. The molecule has 0 bridgehead atoms. The van der Waals surface area contributed by atoms with Crippen molar-refractivity contribution < 1.29 is 14.3 Å². The second-order valence-corrected chi connectivity index (χ2v) is 5.69. The fraction of sp³-hybridized carbons (Fsp3) is 0.562. The molecule has 0 radical (unpaired) electrons. The number of phenolic OH excluding ortho intramolecular Hbond substituents is 1. The van der Waals surface area contributed by atoms with Crippen molar-refractivity contribution in [2.75, 3.05) is 19.6 Å². The number of carbonyl (C=O) groups excluding carboxylic acids is 1. The van der Waals surface area contributed by atoms with Crippen molar-refractivity contribution in [2.24, 2.45) is 11.7 Å². The van der Waals surface area contributed by atoms with Gasteiger partial charge in [-0.25, -0.2) is 4.39 Å². The van der Waals surface area contributed by atoms with Crippen LogP contribution in [0.1, 0.15) is 31.2 Å². The van der Waals surface area contributed by atoms with E-state index in [0.717, 1.165) is 44.8 Å². The van der Waals surface area contributed by atoms with Crippen molar-refractivity contribution in [3.63, 3.8) is 0 Å². The van der Waals surface area contributed by atoms with E-state index < -0.39 is 5.82 Å². The highest BCUT2D eigenvalue weighted by Gasteiger charge is 2.24. The van der Waals surface area contributed by atoms with Gasteiger partial charge in [0.25, 0.3) is 0 Å². The Kier molecular flexibility index (Phi) is 5.56. The minimum atomic E-state index is -0.497. The van der Waals surface area contributed by atoms with Crippen LogP contribution in [0.5, 0.6) is 5.75 Å². The second kappa shape index (κ2) is 7.41. The van der Waals surface area contributed by atoms with Gasteiger partial charge in [0.2, 0.25) is 5.91 Å². The number of rotatable bonds is 4. The van der Waals surface area contributed by atoms with Gasteiger partial charge in [0.15, 0.2) is 0 Å². The maximum Gasteiger partial charge on any atom is 0.227 e. The zero-order chi connectivity index (χ0) is 15.2. The summed E-state index contributed by atoms with van der Waals surface area (Å²) >= 11 is 0. The van der Waals surface area contributed by atoms with Gasteiger partial charge in [0, 0.05) is 25.7 Å². The van der Waals surface area contributed by atoms with E-state index in [0.29, 0.717) is 12.0 Å². The van der Waals surface area contributed by atoms with Crippen LogP contribution in [-0.4, -0.2) is 35.5 Å². The third kappa shape index (κ3) is 4.43. The number of amides is 1. The topological polar surface area (TPSA) is 66.6 Å². The van der Waals surface area contributed by atoms with Gasteiger partial charge in [-0.3, -0.25) is 4.79 Å². The summed E-state index contributed by atoms with van der Waals surface area (Å²) in [5.74, 6) is -0.932. The third-order valence-corrected chi connectivity index (χ3v) is 3.98. The van der Waals surface area contributed by atoms with E-state index in [1.165, 1.54) is 12.1 Å². The molecule has 1 aliphatic heterocycles. The van der Waals surface area contributed by atoms with E-state index in [1.807, 2.05) is 4.90 Å². The summed E-state index contributed by atoms with van der Waals surface area (Å²) in [6.45, 7) is 1.79. The zero-order valence-electron chi connectivity index (χ0n) is 12.2. The van der Waals surface area contributed by atoms with Crippen LogP contribution in [0.25, 0.3) is 0 Å². The molecule has 1 fully saturated rings. The molecule has 5 heteroatoms. The molecule has 3 N–H and O–H groups in total. The molecule has 1 amide bonds. The number of phenols is 1. The summed E-state index contributed by atoms with van der Waals surface area (Å²) in [7, 11) is 0. The summed E-state index contributed by atoms with van der Waals surface area (Å²) in [5.41, 5.74) is 6.34. The Morgan fingerprint density at radius 2 is 1.90 bits per heavy atom. The maximum atomic E-state index is 13.3. The van der Waals surface area contributed by atoms with Crippen LogP contribution in [0, 0.1) is 11.7 Å². The Morgan fingerprint density at radius 1 is 1.24 bits per heavy atom. The van der Waals surface area contributed by atoms with E-state index in [-0.39, 0.29) is 24.1 Å². The molecule has 1 aromatic rings. The highest BCUT2D eigenvalue weighted by Crippen LogP contribution is 2.19. The number of nitrogens with zero attached hydrogens (tertiary/aromatic N) is 1. The number of hydrogen-bond donors (Lipinski definition) is 2. The number of aromatic hydroxyl groups is 1. The Labute approximate surface area is 124 Å². The van der Waals surface area contributed by atoms with Gasteiger partial charge < -0.3 is 15.7 Å². The summed E-state index contributed by atoms with van der Waals surface area (Å²) in [4.78, 5) is 14.4. The smallest absolute Gasteiger partial charge is 0.227 e. The third-order valence-electron chi connectivity index (χ3n) is 3.98. The molecule has 21 heavy (non-hydrogen) atoms. The standard InChI is InChI=1S/C16H23FN2O2/c17-14-8-12(9-15(20)10-14)7-13(11-18)16(21)19-5-3-1-2-4-6-19/h8-10,13,20H,1-7,11,18H2. The van der Waals surface area contributed by atoms with Gasteiger partial charge in [-0.1, -0.05) is 12.8 Å². The van der Waals surface area contributed by atoms with Gasteiger partial charge in [0.1, 0.15) is 11.6 Å². The molecular formula is C16H23FN2O2. The first-order valence-electron chi connectivity index (χ1n) is 7.57. The first-order chi connectivity index (χ1) is 10.1. The fourth-order valence-corrected chi connectivity index (χ4v) is 2.86. The molecule has 1 aromatic carbocycles. The lowest BCUT2D eigenvalue weighted by molar-refractivity contribution is -0.135. The lowest BCUT2D eigenvalue weighted by Gasteiger charge is -2.25. The molecule has 2 rings (SSSR count). The number of hydrogen-bond acceptors (Lipinski definition) is 3. The molecular weight excluding hydrogens is 271 g/mol. The largest absolute Gasteiger partial charge is 0.508 e. The highest BCUT2D eigenvalue weighted by atomic mass is 19.1. The van der Waals surface area contributed by atoms with Crippen molar-refractivity contribution >= 4 is 5.91 Å². The molecule has 0 aromatic heterocycles. The van der Waals surface area contributed by atoms with Crippen LogP contribution >= 0.6 is 0 Å². The van der Waals surface area contributed by atoms with Crippen molar-refractivity contribution in [2.45, 2.75) is 32.1 Å². The number of halogens is 1. The van der Waals surface area contributed by atoms with Crippen LogP contribution in [0.15, 0.2) is 18.2 Å². The van der Waals surface area contributed by atoms with Crippen LogP contribution in [0.3, 0.4) is 0 Å². The molecule has 1 atom stereocenters. The molecule has 116 valence electrons. The van der Waals surface area contributed by atoms with E-state index in [1.54, 1.807) is 0 Å². The van der Waals surface area contributed by atoms with Crippen LogP contribution < -0.4 is 5.73 Å². The first-order valence-corrected chi connectivity index (χ1v) is 7.57. The van der Waals surface area contributed by atoms with Gasteiger partial charge in [-0.15, -0.1) is 0 Å². The van der Waals surface area contributed by atoms with Crippen molar-refractivity contribution in [1.82, 2.24) is 4.90 Å². The quantitative estimate of drug-likeness (QED) is 0.893. The molecule has 1 aliphatic rings. The average Bonchev–Trinajstić information content (AvgIpc) is 2.72. The van der Waals surface area contributed by atoms with E-state index in [9.17, 15) is 14.3 Å². The fourth-order valence-electron chi connectivity index (χ4n) is 2.86. The van der Waals surface area contributed by atoms with E-state index in [4.69, 9.17) is 5.73 Å². The van der Waals surface area contributed by atoms with Crippen molar-refractivity contribution in [3.8, 4) is 5.75 Å². The molecule has 1 unspecified atom stereocenters. The van der Waals surface area contributed by atoms with Crippen molar-refractivity contribution in [3.05, 3.63) is 29.6 Å². The molecule has 0 saturated carbocycles. The Bertz CT molecular complexity index is 465. The summed E-state index contributed by atoms with van der Waals surface area (Å²) in [6.07, 6.45) is 4.74. The van der Waals surface area contributed by atoms with Gasteiger partial charge in [0.05, 0.1) is 5.92 Å². The minimum absolute atomic E-state index is 0.0446. The summed E-state index contributed by atoms with van der Waals surface area (Å²) in [5, 5.41) is 9.44. The van der Waals surface area contributed by atoms with E-state index in [2.05, 4.69) is 0 Å². The predicted octanol–water partition coefficient (Wildman–Crippen LogP) is 2.05. The zero-order valence-corrected chi connectivity index (χ0v) is 12.2. The number of nitrogens with two attached hydrogens (primary N) is 1. The van der Waals surface area contributed by atoms with Crippen LogP contribution in [0.2, 0.25) is 0 Å². The average molecular weight is 294 g/mol. The number of benzene rings is 1. The number of likely N-dealkylation sites (tertiary alicyclic amines) is 1. The second-order valence-electron chi connectivity index (χ2n) is 5.69. The number of carbonyl (C=O) groups is 1. The SMILES string of the molecule is NCC(Cc1cc(O)cc(F)c1)C(=O)N1CCCCCC1. The van der Waals surface area contributed by atoms with Gasteiger partial charge >= 0.3 is 0 Å². The molecule has 1 saturated heterocycles. The maximum absolute atomic E-state index is 13.3. The Morgan fingerprint density at radius 3 is 2.48 bits per heavy atom. The normalized spacial score (nSPS) is 17.3. The molecule has 1 heterocycles. The van der Waals surface area contributed by atoms with E-state index >= 15 is 0 Å². The lowest BCUT2D eigenvalue weighted by atomic mass is 9.97. The molecule has 0 spiro atoms. The predicted molar refractivity (Wildman–Crippen MR) is 79.4 cm³/mol. The monoisotopic (exact) mass is 294 g/mol. The highest BCUT2D eigenvalue weighted by molar-refractivity contribution is 5.79. The van der Waals surface area contributed by atoms with Crippen LogP contribution in [0.4, 0.5) is 4.39 Å². The summed E-state index contributed by atoms with van der Waals surface area (Å²) < 4.78 is 13.3. The Hall–Kier alpha value is -1.62. The van der Waals surface area contributed by atoms with Crippen molar-refractivity contribution in [1.29, 1.82) is 0 Å².